The Labute approximate surface area is 121 Å². The molecule has 1 aromatic rings. The predicted octanol–water partition coefficient (Wildman–Crippen LogP) is 2.65. The molecule has 1 aliphatic heterocycles. The minimum Gasteiger partial charge on any atom is -0.381 e. The lowest BCUT2D eigenvalue weighted by Crippen LogP contribution is -2.25. The molecule has 1 aliphatic rings. The fraction of sp³-hybridized carbons (Fsp3) is 0.733. The molecular formula is C15H26N4O. The molecule has 5 heteroatoms. The van der Waals surface area contributed by atoms with Crippen LogP contribution in [0.2, 0.25) is 0 Å². The standard InChI is InChI=1S/C15H26N4O/c1-15(2,3)14-18-12(16-4)8-13(19-14)17-9-11-6-5-7-20-10-11/h8,11H,5-7,9-10H2,1-4H3,(H2,16,17,18,19). The molecule has 2 N–H and O–H groups in total. The number of ether oxygens (including phenoxy) is 1. The zero-order valence-corrected chi connectivity index (χ0v) is 13.0. The Kier molecular flexibility index (Phi) is 4.81. The van der Waals surface area contributed by atoms with Crippen molar-refractivity contribution >= 4 is 11.6 Å². The molecule has 1 atom stereocenters. The lowest BCUT2D eigenvalue weighted by Gasteiger charge is -2.23. The fourth-order valence-electron chi connectivity index (χ4n) is 2.22. The van der Waals surface area contributed by atoms with E-state index in [-0.39, 0.29) is 5.41 Å². The predicted molar refractivity (Wildman–Crippen MR) is 82.3 cm³/mol. The van der Waals surface area contributed by atoms with E-state index in [9.17, 15) is 0 Å². The first-order valence-electron chi connectivity index (χ1n) is 7.38. The third-order valence-corrected chi connectivity index (χ3v) is 3.48. The van der Waals surface area contributed by atoms with Gasteiger partial charge >= 0.3 is 0 Å². The molecule has 2 heterocycles. The number of nitrogens with one attached hydrogen (secondary N) is 2. The van der Waals surface area contributed by atoms with E-state index < -0.39 is 0 Å². The zero-order valence-electron chi connectivity index (χ0n) is 13.0. The van der Waals surface area contributed by atoms with Crippen molar-refractivity contribution < 1.29 is 4.74 Å². The highest BCUT2D eigenvalue weighted by atomic mass is 16.5. The van der Waals surface area contributed by atoms with Crippen molar-refractivity contribution in [3.8, 4) is 0 Å². The molecule has 0 spiro atoms. The third-order valence-electron chi connectivity index (χ3n) is 3.48. The largest absolute Gasteiger partial charge is 0.381 e. The second-order valence-corrected chi connectivity index (χ2v) is 6.43. The minimum atomic E-state index is -0.0583. The van der Waals surface area contributed by atoms with Crippen LogP contribution in [0.1, 0.15) is 39.4 Å². The Bertz CT molecular complexity index is 436. The van der Waals surface area contributed by atoms with Gasteiger partial charge in [0.15, 0.2) is 0 Å². The lowest BCUT2D eigenvalue weighted by molar-refractivity contribution is 0.0595. The van der Waals surface area contributed by atoms with Crippen molar-refractivity contribution in [1.29, 1.82) is 0 Å². The second kappa shape index (κ2) is 6.39. The Balaban J connectivity index is 2.06. The maximum Gasteiger partial charge on any atom is 0.138 e. The molecule has 0 aromatic carbocycles. The van der Waals surface area contributed by atoms with Gasteiger partial charge < -0.3 is 15.4 Å². The van der Waals surface area contributed by atoms with E-state index in [0.717, 1.165) is 43.6 Å². The molecule has 112 valence electrons. The molecule has 1 saturated heterocycles. The van der Waals surface area contributed by atoms with Crippen LogP contribution in [0.15, 0.2) is 6.07 Å². The van der Waals surface area contributed by atoms with Gasteiger partial charge in [0.2, 0.25) is 0 Å². The fourth-order valence-corrected chi connectivity index (χ4v) is 2.22. The van der Waals surface area contributed by atoms with Gasteiger partial charge in [0.05, 0.1) is 6.61 Å². The van der Waals surface area contributed by atoms with Crippen LogP contribution in [0.5, 0.6) is 0 Å². The molecule has 0 amide bonds. The molecule has 0 aliphatic carbocycles. The van der Waals surface area contributed by atoms with Gasteiger partial charge in [-0.3, -0.25) is 0 Å². The number of anilines is 2. The van der Waals surface area contributed by atoms with Crippen molar-refractivity contribution in [2.75, 3.05) is 37.4 Å². The average molecular weight is 278 g/mol. The van der Waals surface area contributed by atoms with Gasteiger partial charge in [-0.25, -0.2) is 9.97 Å². The smallest absolute Gasteiger partial charge is 0.138 e. The van der Waals surface area contributed by atoms with Crippen LogP contribution < -0.4 is 10.6 Å². The van der Waals surface area contributed by atoms with E-state index in [1.54, 1.807) is 0 Å². The first-order chi connectivity index (χ1) is 9.49. The summed E-state index contributed by atoms with van der Waals surface area (Å²) in [7, 11) is 1.88. The molecule has 1 unspecified atom stereocenters. The summed E-state index contributed by atoms with van der Waals surface area (Å²) in [5.74, 6) is 3.17. The summed E-state index contributed by atoms with van der Waals surface area (Å²) in [6.45, 7) is 9.04. The highest BCUT2D eigenvalue weighted by Gasteiger charge is 2.19. The number of rotatable bonds is 4. The van der Waals surface area contributed by atoms with Crippen molar-refractivity contribution in [3.63, 3.8) is 0 Å². The Hall–Kier alpha value is -1.36. The normalized spacial score (nSPS) is 19.7. The van der Waals surface area contributed by atoms with Gasteiger partial charge in [-0.05, 0) is 18.8 Å². The maximum absolute atomic E-state index is 5.51. The van der Waals surface area contributed by atoms with E-state index in [1.807, 2.05) is 13.1 Å². The van der Waals surface area contributed by atoms with Crippen LogP contribution >= 0.6 is 0 Å². The molecule has 0 bridgehead atoms. The summed E-state index contributed by atoms with van der Waals surface area (Å²) in [6.07, 6.45) is 2.38. The highest BCUT2D eigenvalue weighted by Crippen LogP contribution is 2.22. The first kappa shape index (κ1) is 15.0. The van der Waals surface area contributed by atoms with Crippen LogP contribution in [0.3, 0.4) is 0 Å². The number of hydrogen-bond acceptors (Lipinski definition) is 5. The Morgan fingerprint density at radius 3 is 2.65 bits per heavy atom. The summed E-state index contributed by atoms with van der Waals surface area (Å²) in [5.41, 5.74) is -0.0583. The van der Waals surface area contributed by atoms with Crippen LogP contribution in [0, 0.1) is 5.92 Å². The summed E-state index contributed by atoms with van der Waals surface area (Å²) in [5, 5.41) is 6.53. The summed E-state index contributed by atoms with van der Waals surface area (Å²) < 4.78 is 5.51. The molecular weight excluding hydrogens is 252 g/mol. The minimum absolute atomic E-state index is 0.0583. The average Bonchev–Trinajstić information content (AvgIpc) is 2.45. The van der Waals surface area contributed by atoms with Crippen molar-refractivity contribution in [2.45, 2.75) is 39.0 Å². The number of hydrogen-bond donors (Lipinski definition) is 2. The van der Waals surface area contributed by atoms with Gasteiger partial charge in [0.25, 0.3) is 0 Å². The summed E-state index contributed by atoms with van der Waals surface area (Å²) in [6, 6.07) is 1.96. The third kappa shape index (κ3) is 4.07. The first-order valence-corrected chi connectivity index (χ1v) is 7.38. The summed E-state index contributed by atoms with van der Waals surface area (Å²) >= 11 is 0. The highest BCUT2D eigenvalue weighted by molar-refractivity contribution is 5.47. The SMILES string of the molecule is CNc1cc(NCC2CCCOC2)nc(C(C)(C)C)n1. The summed E-state index contributed by atoms with van der Waals surface area (Å²) in [4.78, 5) is 9.16. The van der Waals surface area contributed by atoms with Crippen molar-refractivity contribution in [3.05, 3.63) is 11.9 Å². The lowest BCUT2D eigenvalue weighted by atomic mass is 9.96. The van der Waals surface area contributed by atoms with E-state index in [0.29, 0.717) is 5.92 Å². The van der Waals surface area contributed by atoms with Crippen LogP contribution in [0.25, 0.3) is 0 Å². The van der Waals surface area contributed by atoms with E-state index in [2.05, 4.69) is 41.4 Å². The maximum atomic E-state index is 5.51. The van der Waals surface area contributed by atoms with Gasteiger partial charge in [0.1, 0.15) is 17.5 Å². The van der Waals surface area contributed by atoms with E-state index >= 15 is 0 Å². The Morgan fingerprint density at radius 2 is 2.05 bits per heavy atom. The zero-order chi connectivity index (χ0) is 14.6. The molecule has 1 fully saturated rings. The van der Waals surface area contributed by atoms with Crippen molar-refractivity contribution in [2.24, 2.45) is 5.92 Å². The molecule has 1 aromatic heterocycles. The number of aromatic nitrogens is 2. The van der Waals surface area contributed by atoms with Gasteiger partial charge in [-0.15, -0.1) is 0 Å². The quantitative estimate of drug-likeness (QED) is 0.886. The van der Waals surface area contributed by atoms with Crippen LogP contribution in [-0.4, -0.2) is 36.8 Å². The Morgan fingerprint density at radius 1 is 1.30 bits per heavy atom. The molecule has 20 heavy (non-hydrogen) atoms. The molecule has 0 saturated carbocycles. The van der Waals surface area contributed by atoms with E-state index in [1.165, 1.54) is 6.42 Å². The topological polar surface area (TPSA) is 59.1 Å². The van der Waals surface area contributed by atoms with E-state index in [4.69, 9.17) is 4.74 Å². The number of nitrogens with zero attached hydrogens (tertiary/aromatic N) is 2. The second-order valence-electron chi connectivity index (χ2n) is 6.43. The van der Waals surface area contributed by atoms with Crippen LogP contribution in [-0.2, 0) is 10.2 Å². The van der Waals surface area contributed by atoms with Gasteiger partial charge in [0, 0.05) is 31.7 Å². The molecule has 5 nitrogen and oxygen atoms in total. The molecule has 2 rings (SSSR count). The van der Waals surface area contributed by atoms with Crippen molar-refractivity contribution in [1.82, 2.24) is 9.97 Å². The van der Waals surface area contributed by atoms with Gasteiger partial charge in [-0.1, -0.05) is 20.8 Å². The van der Waals surface area contributed by atoms with Crippen LogP contribution in [0.4, 0.5) is 11.6 Å². The van der Waals surface area contributed by atoms with Gasteiger partial charge in [-0.2, -0.15) is 0 Å². The molecule has 0 radical (unpaired) electrons. The monoisotopic (exact) mass is 278 g/mol.